The number of hydrogen-bond acceptors (Lipinski definition) is 4. The van der Waals surface area contributed by atoms with E-state index in [1.165, 1.54) is 16.4 Å². The van der Waals surface area contributed by atoms with E-state index in [2.05, 4.69) is 5.32 Å². The van der Waals surface area contributed by atoms with E-state index in [0.717, 1.165) is 18.4 Å². The topological polar surface area (TPSA) is 75.7 Å². The highest BCUT2D eigenvalue weighted by Gasteiger charge is 2.26. The fourth-order valence-corrected chi connectivity index (χ4v) is 4.18. The number of hydrogen-bond donors (Lipinski definition) is 1. The van der Waals surface area contributed by atoms with Gasteiger partial charge in [-0.25, -0.2) is 13.2 Å². The SMILES string of the molecule is O=C(Nc1ccc(S(=O)(=O)N2CCCC2)cc1)OCc1ccccc1. The molecule has 0 radical (unpaired) electrons. The third kappa shape index (κ3) is 4.37. The fourth-order valence-electron chi connectivity index (χ4n) is 2.66. The van der Waals surface area contributed by atoms with Gasteiger partial charge in [0.05, 0.1) is 4.90 Å². The van der Waals surface area contributed by atoms with Crippen molar-refractivity contribution in [2.75, 3.05) is 18.4 Å². The molecule has 0 aliphatic carbocycles. The molecule has 3 rings (SSSR count). The Labute approximate surface area is 147 Å². The number of nitrogens with one attached hydrogen (secondary N) is 1. The lowest BCUT2D eigenvalue weighted by atomic mass is 10.2. The summed E-state index contributed by atoms with van der Waals surface area (Å²) in [6.07, 6.45) is 1.21. The molecule has 0 bridgehead atoms. The van der Waals surface area contributed by atoms with Crippen LogP contribution in [0.2, 0.25) is 0 Å². The molecular weight excluding hydrogens is 340 g/mol. The average molecular weight is 360 g/mol. The van der Waals surface area contributed by atoms with E-state index in [9.17, 15) is 13.2 Å². The molecule has 132 valence electrons. The molecule has 25 heavy (non-hydrogen) atoms. The number of carbonyl (C=O) groups excluding carboxylic acids is 1. The number of rotatable bonds is 5. The van der Waals surface area contributed by atoms with Crippen molar-refractivity contribution in [3.05, 3.63) is 60.2 Å². The first-order valence-corrected chi connectivity index (χ1v) is 9.58. The molecule has 1 saturated heterocycles. The van der Waals surface area contributed by atoms with E-state index >= 15 is 0 Å². The van der Waals surface area contributed by atoms with Crippen molar-refractivity contribution in [1.29, 1.82) is 0 Å². The van der Waals surface area contributed by atoms with Gasteiger partial charge in [-0.1, -0.05) is 30.3 Å². The summed E-state index contributed by atoms with van der Waals surface area (Å²) in [5.74, 6) is 0. The molecule has 6 nitrogen and oxygen atoms in total. The van der Waals surface area contributed by atoms with Crippen LogP contribution in [0.4, 0.5) is 10.5 Å². The first-order chi connectivity index (χ1) is 12.1. The van der Waals surface area contributed by atoms with Crippen molar-refractivity contribution >= 4 is 21.8 Å². The third-order valence-corrected chi connectivity index (χ3v) is 5.93. The molecule has 2 aromatic carbocycles. The predicted octanol–water partition coefficient (Wildman–Crippen LogP) is 3.22. The number of amides is 1. The average Bonchev–Trinajstić information content (AvgIpc) is 3.17. The van der Waals surface area contributed by atoms with Crippen molar-refractivity contribution < 1.29 is 17.9 Å². The van der Waals surface area contributed by atoms with Crippen LogP contribution < -0.4 is 5.32 Å². The molecule has 1 aliphatic heterocycles. The Balaban J connectivity index is 1.58. The lowest BCUT2D eigenvalue weighted by Crippen LogP contribution is -2.27. The Bertz CT molecular complexity index is 814. The summed E-state index contributed by atoms with van der Waals surface area (Å²) in [4.78, 5) is 12.1. The van der Waals surface area contributed by atoms with Crippen LogP contribution in [0.3, 0.4) is 0 Å². The normalized spacial score (nSPS) is 15.0. The van der Waals surface area contributed by atoms with Crippen LogP contribution in [0.15, 0.2) is 59.5 Å². The summed E-state index contributed by atoms with van der Waals surface area (Å²) in [5.41, 5.74) is 1.38. The maximum absolute atomic E-state index is 12.4. The summed E-state index contributed by atoms with van der Waals surface area (Å²) in [7, 11) is -3.44. The van der Waals surface area contributed by atoms with Crippen LogP contribution in [-0.2, 0) is 21.4 Å². The van der Waals surface area contributed by atoms with E-state index in [1.54, 1.807) is 12.1 Å². The molecule has 1 fully saturated rings. The molecule has 0 unspecified atom stereocenters. The predicted molar refractivity (Wildman–Crippen MR) is 94.7 cm³/mol. The Morgan fingerprint density at radius 1 is 1.00 bits per heavy atom. The van der Waals surface area contributed by atoms with Crippen molar-refractivity contribution in [3.63, 3.8) is 0 Å². The lowest BCUT2D eigenvalue weighted by molar-refractivity contribution is 0.155. The van der Waals surface area contributed by atoms with Gasteiger partial charge in [-0.3, -0.25) is 5.32 Å². The molecule has 1 heterocycles. The van der Waals surface area contributed by atoms with Gasteiger partial charge < -0.3 is 4.74 Å². The van der Waals surface area contributed by atoms with Gasteiger partial charge in [0.15, 0.2) is 0 Å². The second kappa shape index (κ2) is 7.67. The molecule has 0 saturated carbocycles. The first kappa shape index (κ1) is 17.4. The van der Waals surface area contributed by atoms with Crippen LogP contribution >= 0.6 is 0 Å². The molecule has 1 amide bonds. The summed E-state index contributed by atoms with van der Waals surface area (Å²) < 4.78 is 31.5. The highest BCUT2D eigenvalue weighted by atomic mass is 32.2. The Kier molecular flexibility index (Phi) is 5.35. The molecular formula is C18H20N2O4S. The van der Waals surface area contributed by atoms with E-state index < -0.39 is 16.1 Å². The fraction of sp³-hybridized carbons (Fsp3) is 0.278. The maximum atomic E-state index is 12.4. The van der Waals surface area contributed by atoms with Gasteiger partial charge in [0.25, 0.3) is 0 Å². The number of benzene rings is 2. The van der Waals surface area contributed by atoms with Crippen LogP contribution in [0.25, 0.3) is 0 Å². The van der Waals surface area contributed by atoms with Gasteiger partial charge in [-0.2, -0.15) is 4.31 Å². The number of nitrogens with zero attached hydrogens (tertiary/aromatic N) is 1. The highest BCUT2D eigenvalue weighted by Crippen LogP contribution is 2.22. The van der Waals surface area contributed by atoms with Gasteiger partial charge in [-0.05, 0) is 42.7 Å². The van der Waals surface area contributed by atoms with Crippen molar-refractivity contribution in [1.82, 2.24) is 4.31 Å². The third-order valence-electron chi connectivity index (χ3n) is 4.02. The minimum absolute atomic E-state index is 0.175. The Hall–Kier alpha value is -2.38. The lowest BCUT2D eigenvalue weighted by Gasteiger charge is -2.15. The quantitative estimate of drug-likeness (QED) is 0.888. The van der Waals surface area contributed by atoms with Crippen molar-refractivity contribution in [2.45, 2.75) is 24.3 Å². The van der Waals surface area contributed by atoms with Gasteiger partial charge in [0.2, 0.25) is 10.0 Å². The number of carbonyl (C=O) groups is 1. The van der Waals surface area contributed by atoms with E-state index in [-0.39, 0.29) is 11.5 Å². The molecule has 7 heteroatoms. The summed E-state index contributed by atoms with van der Waals surface area (Å²) in [6.45, 7) is 1.30. The molecule has 0 spiro atoms. The Morgan fingerprint density at radius 2 is 1.64 bits per heavy atom. The monoisotopic (exact) mass is 360 g/mol. The van der Waals surface area contributed by atoms with Crippen molar-refractivity contribution in [3.8, 4) is 0 Å². The largest absolute Gasteiger partial charge is 0.444 e. The van der Waals surface area contributed by atoms with Crippen molar-refractivity contribution in [2.24, 2.45) is 0 Å². The Morgan fingerprint density at radius 3 is 2.28 bits per heavy atom. The van der Waals surface area contributed by atoms with Gasteiger partial charge >= 0.3 is 6.09 Å². The minimum Gasteiger partial charge on any atom is -0.444 e. The standard InChI is InChI=1S/C18H20N2O4S/c21-18(24-14-15-6-2-1-3-7-15)19-16-8-10-17(11-9-16)25(22,23)20-12-4-5-13-20/h1-3,6-11H,4-5,12-14H2,(H,19,21). The molecule has 0 atom stereocenters. The molecule has 1 aliphatic rings. The van der Waals surface area contributed by atoms with Crippen LogP contribution in [-0.4, -0.2) is 31.9 Å². The van der Waals surface area contributed by atoms with E-state index in [0.29, 0.717) is 18.8 Å². The van der Waals surface area contributed by atoms with Gasteiger partial charge in [-0.15, -0.1) is 0 Å². The first-order valence-electron chi connectivity index (χ1n) is 8.14. The molecule has 0 aromatic heterocycles. The zero-order valence-electron chi connectivity index (χ0n) is 13.7. The highest BCUT2D eigenvalue weighted by molar-refractivity contribution is 7.89. The number of ether oxygens (including phenoxy) is 1. The van der Waals surface area contributed by atoms with E-state index in [1.807, 2.05) is 30.3 Å². The maximum Gasteiger partial charge on any atom is 0.411 e. The minimum atomic E-state index is -3.44. The summed E-state index contributed by atoms with van der Waals surface area (Å²) >= 11 is 0. The second-order valence-corrected chi connectivity index (χ2v) is 7.76. The molecule has 1 N–H and O–H groups in total. The summed E-state index contributed by atoms with van der Waals surface area (Å²) in [5, 5.41) is 2.59. The number of sulfonamides is 1. The van der Waals surface area contributed by atoms with Gasteiger partial charge in [0.1, 0.15) is 6.61 Å². The van der Waals surface area contributed by atoms with Crippen LogP contribution in [0, 0.1) is 0 Å². The second-order valence-electron chi connectivity index (χ2n) is 5.82. The number of anilines is 1. The van der Waals surface area contributed by atoms with Crippen LogP contribution in [0.1, 0.15) is 18.4 Å². The van der Waals surface area contributed by atoms with Gasteiger partial charge in [0, 0.05) is 18.8 Å². The van der Waals surface area contributed by atoms with Crippen LogP contribution in [0.5, 0.6) is 0 Å². The zero-order chi connectivity index (χ0) is 17.7. The zero-order valence-corrected chi connectivity index (χ0v) is 14.5. The smallest absolute Gasteiger partial charge is 0.411 e. The summed E-state index contributed by atoms with van der Waals surface area (Å²) in [6, 6.07) is 15.5. The van der Waals surface area contributed by atoms with E-state index in [4.69, 9.17) is 4.74 Å². The molecule has 2 aromatic rings.